The Kier molecular flexibility index (Phi) is 5.17. The van der Waals surface area contributed by atoms with Crippen molar-refractivity contribution in [1.82, 2.24) is 19.8 Å². The molecule has 3 heterocycles. The number of nitrogens with zero attached hydrogens (tertiary/aromatic N) is 5. The number of fused-ring (bicyclic) bond motifs is 1. The molecule has 178 valence electrons. The van der Waals surface area contributed by atoms with Crippen molar-refractivity contribution < 1.29 is 23.8 Å². The average Bonchev–Trinajstić information content (AvgIpc) is 3.42. The maximum Gasteiger partial charge on any atom is 0.278 e. The van der Waals surface area contributed by atoms with Crippen LogP contribution in [0.5, 0.6) is 5.75 Å². The molecule has 1 aliphatic heterocycles. The van der Waals surface area contributed by atoms with Crippen LogP contribution < -0.4 is 10.4 Å². The van der Waals surface area contributed by atoms with E-state index in [-0.39, 0.29) is 28.2 Å². The molecule has 1 aromatic carbocycles. The maximum absolute atomic E-state index is 14.0. The van der Waals surface area contributed by atoms with Gasteiger partial charge in [0, 0.05) is 39.2 Å². The molecule has 2 N–H and O–H groups in total. The summed E-state index contributed by atoms with van der Waals surface area (Å²) in [5, 5.41) is 31.2. The number of pyridine rings is 1. The number of aromatic nitrogens is 3. The summed E-state index contributed by atoms with van der Waals surface area (Å²) in [6.45, 7) is 0. The molecule has 1 amide bonds. The van der Waals surface area contributed by atoms with E-state index in [9.17, 15) is 28.6 Å². The predicted molar refractivity (Wildman–Crippen MR) is 119 cm³/mol. The summed E-state index contributed by atoms with van der Waals surface area (Å²) in [6.07, 6.45) is 2.24. The Morgan fingerprint density at radius 1 is 1.24 bits per heavy atom. The van der Waals surface area contributed by atoms with Gasteiger partial charge in [0.1, 0.15) is 22.3 Å². The predicted octanol–water partition coefficient (Wildman–Crippen LogP) is 1.84. The number of rotatable bonds is 3. The minimum Gasteiger partial charge on any atom is -0.502 e. The van der Waals surface area contributed by atoms with Crippen LogP contribution in [0.4, 0.5) is 8.78 Å². The molecule has 2 atom stereocenters. The van der Waals surface area contributed by atoms with E-state index in [2.05, 4.69) is 10.2 Å². The molecule has 9 nitrogen and oxygen atoms in total. The first-order valence-electron chi connectivity index (χ1n) is 10.6. The highest BCUT2D eigenvalue weighted by Crippen LogP contribution is 2.41. The number of hydrogen-bond acceptors (Lipinski definition) is 8. The lowest BCUT2D eigenvalue weighted by molar-refractivity contribution is 0.0357. The molecule has 0 saturated heterocycles. The van der Waals surface area contributed by atoms with Gasteiger partial charge in [-0.1, -0.05) is 17.4 Å². The smallest absolute Gasteiger partial charge is 0.278 e. The molecule has 1 saturated carbocycles. The maximum atomic E-state index is 14.0. The molecule has 5 rings (SSSR count). The van der Waals surface area contributed by atoms with E-state index in [0.717, 1.165) is 23.5 Å². The Morgan fingerprint density at radius 2 is 2.00 bits per heavy atom. The molecular formula is C22H21F2N5O4S. The van der Waals surface area contributed by atoms with Crippen LogP contribution in [-0.2, 0) is 6.42 Å². The van der Waals surface area contributed by atoms with Crippen LogP contribution in [0.25, 0.3) is 10.6 Å². The third-order valence-corrected chi connectivity index (χ3v) is 7.67. The standard InChI is InChI=1S/C22H21F2N5O4S/c1-27-21(33)17-19(32)18(31)14(10-29(17)28(2)22(27)6-5-13(30)9-22)20-26-25-16(34-20)7-11-3-4-12(23)8-15(11)24/h3-4,8,10,13,30,32H,5-7,9H2,1-2H3. The largest absolute Gasteiger partial charge is 0.502 e. The second kappa shape index (κ2) is 7.84. The molecule has 12 heteroatoms. The van der Waals surface area contributed by atoms with Gasteiger partial charge in [-0.05, 0) is 24.5 Å². The second-order valence-electron chi connectivity index (χ2n) is 8.59. The average molecular weight is 490 g/mol. The third kappa shape index (κ3) is 3.28. The number of amides is 1. The topological polar surface area (TPSA) is 112 Å². The van der Waals surface area contributed by atoms with Gasteiger partial charge in [0.05, 0.1) is 11.7 Å². The van der Waals surface area contributed by atoms with Crippen molar-refractivity contribution in [1.29, 1.82) is 0 Å². The first kappa shape index (κ1) is 22.4. The summed E-state index contributed by atoms with van der Waals surface area (Å²) >= 11 is 1.03. The van der Waals surface area contributed by atoms with E-state index < -0.39 is 40.5 Å². The Balaban J connectivity index is 1.56. The Morgan fingerprint density at radius 3 is 2.68 bits per heavy atom. The molecule has 34 heavy (non-hydrogen) atoms. The summed E-state index contributed by atoms with van der Waals surface area (Å²) in [6, 6.07) is 3.25. The molecule has 2 aromatic heterocycles. The first-order chi connectivity index (χ1) is 16.1. The SMILES string of the molecule is CN1C(=O)c2c(O)c(=O)c(-c3nnc(Cc4ccc(F)cc4F)s3)cn2N(C)C12CCC(O)C2. The third-order valence-electron chi connectivity index (χ3n) is 6.72. The van der Waals surface area contributed by atoms with Gasteiger partial charge in [0.15, 0.2) is 16.5 Å². The zero-order valence-electron chi connectivity index (χ0n) is 18.3. The van der Waals surface area contributed by atoms with Crippen LogP contribution in [0.15, 0.2) is 29.2 Å². The van der Waals surface area contributed by atoms with E-state index in [4.69, 9.17) is 0 Å². The summed E-state index contributed by atoms with van der Waals surface area (Å²) < 4.78 is 28.6. The second-order valence-corrected chi connectivity index (χ2v) is 9.66. The fraction of sp³-hybridized carbons (Fsp3) is 0.364. The molecule has 1 aliphatic carbocycles. The minimum absolute atomic E-state index is 0.0301. The van der Waals surface area contributed by atoms with Crippen molar-refractivity contribution in [3.8, 4) is 16.3 Å². The first-order valence-corrected chi connectivity index (χ1v) is 11.4. The van der Waals surface area contributed by atoms with E-state index in [1.165, 1.54) is 21.8 Å². The number of hydrogen-bond donors (Lipinski definition) is 2. The van der Waals surface area contributed by atoms with Crippen molar-refractivity contribution in [3.63, 3.8) is 0 Å². The van der Waals surface area contributed by atoms with Crippen molar-refractivity contribution >= 4 is 17.2 Å². The zero-order valence-corrected chi connectivity index (χ0v) is 19.1. The molecule has 0 bridgehead atoms. The number of carbonyl (C=O) groups excluding carboxylic acids is 1. The van der Waals surface area contributed by atoms with Crippen LogP contribution in [0.3, 0.4) is 0 Å². The zero-order chi connectivity index (χ0) is 24.4. The van der Waals surface area contributed by atoms with Gasteiger partial charge >= 0.3 is 0 Å². The minimum atomic E-state index is -0.811. The highest BCUT2D eigenvalue weighted by Gasteiger charge is 2.52. The van der Waals surface area contributed by atoms with Gasteiger partial charge in [-0.3, -0.25) is 19.3 Å². The highest BCUT2D eigenvalue weighted by atomic mass is 32.1. The van der Waals surface area contributed by atoms with Crippen LogP contribution in [0.2, 0.25) is 0 Å². The highest BCUT2D eigenvalue weighted by molar-refractivity contribution is 7.14. The Labute approximate surface area is 196 Å². The Hall–Kier alpha value is -3.38. The molecule has 1 fully saturated rings. The number of aliphatic hydroxyl groups excluding tert-OH is 1. The molecular weight excluding hydrogens is 468 g/mol. The van der Waals surface area contributed by atoms with E-state index >= 15 is 0 Å². The summed E-state index contributed by atoms with van der Waals surface area (Å²) in [7, 11) is 3.31. The van der Waals surface area contributed by atoms with Gasteiger partial charge in [-0.2, -0.15) is 0 Å². The monoisotopic (exact) mass is 489 g/mol. The van der Waals surface area contributed by atoms with E-state index in [0.29, 0.717) is 24.3 Å². The number of halogens is 2. The van der Waals surface area contributed by atoms with Gasteiger partial charge in [0.2, 0.25) is 5.43 Å². The molecule has 3 aromatic rings. The van der Waals surface area contributed by atoms with E-state index in [1.54, 1.807) is 19.1 Å². The molecule has 1 spiro atoms. The quantitative estimate of drug-likeness (QED) is 0.577. The van der Waals surface area contributed by atoms with Crippen molar-refractivity contribution in [3.05, 3.63) is 62.5 Å². The Bertz CT molecular complexity index is 1380. The van der Waals surface area contributed by atoms with Gasteiger partial charge in [-0.15, -0.1) is 10.2 Å². The van der Waals surface area contributed by atoms with E-state index in [1.807, 2.05) is 0 Å². The molecule has 2 aliphatic rings. The molecule has 2 unspecified atom stereocenters. The lowest BCUT2D eigenvalue weighted by Crippen LogP contribution is -2.67. The number of carbonyl (C=O) groups is 1. The molecule has 0 radical (unpaired) electrons. The fourth-order valence-corrected chi connectivity index (χ4v) is 5.65. The van der Waals surface area contributed by atoms with Gasteiger partial charge in [-0.25, -0.2) is 8.78 Å². The lowest BCUT2D eigenvalue weighted by atomic mass is 10.0. The summed E-state index contributed by atoms with van der Waals surface area (Å²) in [4.78, 5) is 27.5. The number of aliphatic hydroxyl groups is 1. The number of benzene rings is 1. The summed E-state index contributed by atoms with van der Waals surface area (Å²) in [5.41, 5.74) is -1.51. The van der Waals surface area contributed by atoms with Gasteiger partial charge in [0.25, 0.3) is 5.91 Å². The van der Waals surface area contributed by atoms with Crippen LogP contribution in [-0.4, -0.2) is 61.8 Å². The fourth-order valence-electron chi connectivity index (χ4n) is 4.78. The van der Waals surface area contributed by atoms with Crippen molar-refractivity contribution in [2.45, 2.75) is 37.5 Å². The van der Waals surface area contributed by atoms with Crippen molar-refractivity contribution in [2.24, 2.45) is 0 Å². The summed E-state index contributed by atoms with van der Waals surface area (Å²) in [5.74, 6) is -2.64. The normalized spacial score (nSPS) is 22.0. The lowest BCUT2D eigenvalue weighted by Gasteiger charge is -2.51. The van der Waals surface area contributed by atoms with Gasteiger partial charge < -0.3 is 15.1 Å². The van der Waals surface area contributed by atoms with Crippen molar-refractivity contribution in [2.75, 3.05) is 19.1 Å². The van der Waals surface area contributed by atoms with Crippen LogP contribution >= 0.6 is 11.3 Å². The van der Waals surface area contributed by atoms with Crippen LogP contribution in [0, 0.1) is 11.6 Å². The van der Waals surface area contributed by atoms with Crippen LogP contribution in [0.1, 0.15) is 40.3 Å². The number of aromatic hydroxyl groups is 1.